The van der Waals surface area contributed by atoms with Crippen LogP contribution in [-0.2, 0) is 16.0 Å². The zero-order chi connectivity index (χ0) is 16.1. The maximum Gasteiger partial charge on any atom is 0.227 e. The average molecular weight is 337 g/mol. The van der Waals surface area contributed by atoms with Gasteiger partial charge >= 0.3 is 0 Å². The van der Waals surface area contributed by atoms with Crippen molar-refractivity contribution in [2.75, 3.05) is 39.4 Å². The summed E-state index contributed by atoms with van der Waals surface area (Å²) < 4.78 is 5.42. The number of carbonyl (C=O) groups excluding carboxylic acids is 1. The number of piperidine rings is 1. The average Bonchev–Trinajstić information content (AvgIpc) is 2.58. The zero-order valence-corrected chi connectivity index (χ0v) is 14.3. The fourth-order valence-corrected chi connectivity index (χ4v) is 3.71. The Morgan fingerprint density at radius 3 is 2.74 bits per heavy atom. The van der Waals surface area contributed by atoms with Gasteiger partial charge in [0.2, 0.25) is 5.91 Å². The third-order valence-electron chi connectivity index (χ3n) is 4.82. The lowest BCUT2D eigenvalue weighted by atomic mass is 10.00. The van der Waals surface area contributed by atoms with E-state index in [9.17, 15) is 4.79 Å². The van der Waals surface area contributed by atoms with Crippen molar-refractivity contribution in [1.82, 2.24) is 9.80 Å². The van der Waals surface area contributed by atoms with Crippen molar-refractivity contribution in [3.8, 4) is 0 Å². The van der Waals surface area contributed by atoms with Crippen LogP contribution in [0.1, 0.15) is 24.8 Å². The second-order valence-corrected chi connectivity index (χ2v) is 6.83. The highest BCUT2D eigenvalue weighted by molar-refractivity contribution is 6.31. The quantitative estimate of drug-likeness (QED) is 0.847. The summed E-state index contributed by atoms with van der Waals surface area (Å²) in [6.45, 7) is 5.41. The van der Waals surface area contributed by atoms with Gasteiger partial charge in [0.25, 0.3) is 0 Å². The van der Waals surface area contributed by atoms with E-state index in [1.54, 1.807) is 0 Å². The number of rotatable bonds is 4. The van der Waals surface area contributed by atoms with Crippen LogP contribution in [0.2, 0.25) is 5.02 Å². The number of likely N-dealkylation sites (tertiary alicyclic amines) is 1. The summed E-state index contributed by atoms with van der Waals surface area (Å²) in [7, 11) is 0. The molecular weight excluding hydrogens is 312 g/mol. The van der Waals surface area contributed by atoms with Crippen LogP contribution >= 0.6 is 11.6 Å². The minimum Gasteiger partial charge on any atom is -0.379 e. The lowest BCUT2D eigenvalue weighted by Crippen LogP contribution is -2.51. The summed E-state index contributed by atoms with van der Waals surface area (Å²) in [4.78, 5) is 17.3. The number of ether oxygens (including phenoxy) is 1. The molecule has 1 aromatic rings. The molecule has 1 unspecified atom stereocenters. The molecule has 0 saturated carbocycles. The van der Waals surface area contributed by atoms with Gasteiger partial charge in [-0.1, -0.05) is 29.8 Å². The van der Waals surface area contributed by atoms with E-state index in [-0.39, 0.29) is 5.91 Å². The van der Waals surface area contributed by atoms with Gasteiger partial charge in [0.05, 0.1) is 19.6 Å². The predicted molar refractivity (Wildman–Crippen MR) is 91.8 cm³/mol. The molecule has 0 radical (unpaired) electrons. The molecule has 1 amide bonds. The van der Waals surface area contributed by atoms with E-state index in [0.29, 0.717) is 17.5 Å². The van der Waals surface area contributed by atoms with E-state index in [0.717, 1.165) is 57.8 Å². The fourth-order valence-electron chi connectivity index (χ4n) is 3.51. The standard InChI is InChI=1S/C18H25ClN2O2/c19-17-7-2-1-5-15(17)13-18(22)21-8-4-3-6-16(21)14-20-9-11-23-12-10-20/h1-2,5,7,16H,3-4,6,8-14H2. The lowest BCUT2D eigenvalue weighted by Gasteiger charge is -2.39. The van der Waals surface area contributed by atoms with Gasteiger partial charge in [0.1, 0.15) is 0 Å². The first-order valence-electron chi connectivity index (χ1n) is 8.57. The van der Waals surface area contributed by atoms with E-state index in [4.69, 9.17) is 16.3 Å². The monoisotopic (exact) mass is 336 g/mol. The SMILES string of the molecule is O=C(Cc1ccccc1Cl)N1CCCCC1CN1CCOCC1. The van der Waals surface area contributed by atoms with Crippen molar-refractivity contribution in [3.63, 3.8) is 0 Å². The molecule has 3 rings (SSSR count). The van der Waals surface area contributed by atoms with Crippen molar-refractivity contribution < 1.29 is 9.53 Å². The number of benzene rings is 1. The van der Waals surface area contributed by atoms with Gasteiger partial charge in [0, 0.05) is 37.2 Å². The number of amides is 1. The second kappa shape index (κ2) is 8.13. The summed E-state index contributed by atoms with van der Waals surface area (Å²) >= 11 is 6.21. The molecular formula is C18H25ClN2O2. The fraction of sp³-hybridized carbons (Fsp3) is 0.611. The molecule has 126 valence electrons. The van der Waals surface area contributed by atoms with Crippen molar-refractivity contribution in [3.05, 3.63) is 34.9 Å². The van der Waals surface area contributed by atoms with Gasteiger partial charge in [-0.25, -0.2) is 0 Å². The van der Waals surface area contributed by atoms with Crippen molar-refractivity contribution in [2.45, 2.75) is 31.7 Å². The van der Waals surface area contributed by atoms with Crippen LogP contribution < -0.4 is 0 Å². The molecule has 0 N–H and O–H groups in total. The first kappa shape index (κ1) is 16.7. The third-order valence-corrected chi connectivity index (χ3v) is 5.19. The lowest BCUT2D eigenvalue weighted by molar-refractivity contribution is -0.134. The third kappa shape index (κ3) is 4.46. The van der Waals surface area contributed by atoms with Gasteiger partial charge in [-0.15, -0.1) is 0 Å². The van der Waals surface area contributed by atoms with Gasteiger partial charge in [0.15, 0.2) is 0 Å². The molecule has 2 saturated heterocycles. The van der Waals surface area contributed by atoms with Gasteiger partial charge in [-0.05, 0) is 30.9 Å². The van der Waals surface area contributed by atoms with Crippen LogP contribution in [0.5, 0.6) is 0 Å². The van der Waals surface area contributed by atoms with Crippen LogP contribution in [0, 0.1) is 0 Å². The molecule has 0 spiro atoms. The second-order valence-electron chi connectivity index (χ2n) is 6.42. The maximum absolute atomic E-state index is 12.8. The molecule has 1 aromatic carbocycles. The van der Waals surface area contributed by atoms with Gasteiger partial charge in [-0.3, -0.25) is 9.69 Å². The highest BCUT2D eigenvalue weighted by atomic mass is 35.5. The number of hydrogen-bond donors (Lipinski definition) is 0. The molecule has 0 bridgehead atoms. The van der Waals surface area contributed by atoms with Gasteiger partial charge < -0.3 is 9.64 Å². The summed E-state index contributed by atoms with van der Waals surface area (Å²) in [6.07, 6.45) is 3.82. The summed E-state index contributed by atoms with van der Waals surface area (Å²) in [5.74, 6) is 0.205. The highest BCUT2D eigenvalue weighted by Crippen LogP contribution is 2.22. The van der Waals surface area contributed by atoms with E-state index >= 15 is 0 Å². The number of halogens is 1. The summed E-state index contributed by atoms with van der Waals surface area (Å²) in [5, 5.41) is 0.683. The Morgan fingerprint density at radius 1 is 1.17 bits per heavy atom. The molecule has 0 aliphatic carbocycles. The van der Waals surface area contributed by atoms with Crippen LogP contribution in [0.4, 0.5) is 0 Å². The van der Waals surface area contributed by atoms with Crippen LogP contribution in [0.25, 0.3) is 0 Å². The largest absolute Gasteiger partial charge is 0.379 e. The molecule has 1 atom stereocenters. The molecule has 2 aliphatic heterocycles. The summed E-state index contributed by atoms with van der Waals surface area (Å²) in [6, 6.07) is 7.97. The minimum absolute atomic E-state index is 0.205. The van der Waals surface area contributed by atoms with Crippen molar-refractivity contribution in [1.29, 1.82) is 0 Å². The van der Waals surface area contributed by atoms with Crippen LogP contribution in [0.15, 0.2) is 24.3 Å². The molecule has 23 heavy (non-hydrogen) atoms. The van der Waals surface area contributed by atoms with Crippen molar-refractivity contribution >= 4 is 17.5 Å². The first-order chi connectivity index (χ1) is 11.2. The Balaban J connectivity index is 1.63. The zero-order valence-electron chi connectivity index (χ0n) is 13.5. The number of carbonyl (C=O) groups is 1. The number of morpholine rings is 1. The highest BCUT2D eigenvalue weighted by Gasteiger charge is 2.28. The Labute approximate surface area is 143 Å². The summed E-state index contributed by atoms with van der Waals surface area (Å²) in [5.41, 5.74) is 0.926. The van der Waals surface area contributed by atoms with Gasteiger partial charge in [-0.2, -0.15) is 0 Å². The molecule has 2 heterocycles. The Morgan fingerprint density at radius 2 is 1.96 bits per heavy atom. The molecule has 0 aromatic heterocycles. The molecule has 4 nitrogen and oxygen atoms in total. The van der Waals surface area contributed by atoms with Crippen molar-refractivity contribution in [2.24, 2.45) is 0 Å². The first-order valence-corrected chi connectivity index (χ1v) is 8.95. The predicted octanol–water partition coefficient (Wildman–Crippen LogP) is 2.60. The van der Waals surface area contributed by atoms with E-state index in [2.05, 4.69) is 9.80 Å². The Hall–Kier alpha value is -1.10. The Kier molecular flexibility index (Phi) is 5.92. The smallest absolute Gasteiger partial charge is 0.227 e. The topological polar surface area (TPSA) is 32.8 Å². The normalized spacial score (nSPS) is 23.0. The van der Waals surface area contributed by atoms with Crippen LogP contribution in [0.3, 0.4) is 0 Å². The minimum atomic E-state index is 0.205. The van der Waals surface area contributed by atoms with E-state index < -0.39 is 0 Å². The van der Waals surface area contributed by atoms with Crippen LogP contribution in [-0.4, -0.2) is 61.1 Å². The Bertz CT molecular complexity index is 532. The van der Waals surface area contributed by atoms with E-state index in [1.165, 1.54) is 6.42 Å². The molecule has 5 heteroatoms. The molecule has 2 fully saturated rings. The molecule has 2 aliphatic rings. The maximum atomic E-state index is 12.8. The number of hydrogen-bond acceptors (Lipinski definition) is 3. The van der Waals surface area contributed by atoms with E-state index in [1.807, 2.05) is 24.3 Å². The number of nitrogens with zero attached hydrogens (tertiary/aromatic N) is 2.